The first kappa shape index (κ1) is 18.9. The molecule has 1 aromatic rings. The number of guanidine groups is 1. The Bertz CT molecular complexity index is 436. The summed E-state index contributed by atoms with van der Waals surface area (Å²) < 4.78 is 18.8. The number of aliphatic imine (C=N–C) groups is 1. The van der Waals surface area contributed by atoms with Crippen LogP contribution in [0, 0.1) is 5.82 Å². The van der Waals surface area contributed by atoms with Crippen LogP contribution in [-0.2, 0) is 6.54 Å². The van der Waals surface area contributed by atoms with Gasteiger partial charge >= 0.3 is 0 Å². The van der Waals surface area contributed by atoms with Crippen molar-refractivity contribution in [3.05, 3.63) is 29.6 Å². The zero-order chi connectivity index (χ0) is 14.3. The van der Waals surface area contributed by atoms with E-state index in [0.29, 0.717) is 19.1 Å². The molecule has 0 aliphatic carbocycles. The summed E-state index contributed by atoms with van der Waals surface area (Å²) in [5, 5.41) is 0. The van der Waals surface area contributed by atoms with Gasteiger partial charge in [-0.15, -0.1) is 24.0 Å². The Balaban J connectivity index is 0.00000361. The summed E-state index contributed by atoms with van der Waals surface area (Å²) in [4.78, 5) is 6.22. The lowest BCUT2D eigenvalue weighted by Crippen LogP contribution is -2.37. The van der Waals surface area contributed by atoms with Gasteiger partial charge in [0.1, 0.15) is 0 Å². The molecule has 20 heavy (non-hydrogen) atoms. The van der Waals surface area contributed by atoms with Crippen molar-refractivity contribution in [2.75, 3.05) is 19.7 Å². The second-order valence-corrected chi connectivity index (χ2v) is 4.04. The number of benzene rings is 1. The van der Waals surface area contributed by atoms with E-state index in [1.54, 1.807) is 12.1 Å². The zero-order valence-corrected chi connectivity index (χ0v) is 14.6. The molecular formula is C14H23FIN3O. The van der Waals surface area contributed by atoms with Crippen LogP contribution in [0.5, 0.6) is 5.75 Å². The molecule has 1 rings (SSSR count). The third-order valence-electron chi connectivity index (χ3n) is 2.81. The van der Waals surface area contributed by atoms with Gasteiger partial charge in [0, 0.05) is 13.1 Å². The predicted octanol–water partition coefficient (Wildman–Crippen LogP) is 3.00. The Labute approximate surface area is 137 Å². The highest BCUT2D eigenvalue weighted by Crippen LogP contribution is 2.18. The van der Waals surface area contributed by atoms with Crippen LogP contribution in [0.15, 0.2) is 23.2 Å². The van der Waals surface area contributed by atoms with Gasteiger partial charge in [-0.05, 0) is 38.5 Å². The largest absolute Gasteiger partial charge is 0.491 e. The van der Waals surface area contributed by atoms with E-state index in [0.717, 1.165) is 18.7 Å². The quantitative estimate of drug-likeness (QED) is 0.458. The maximum absolute atomic E-state index is 13.6. The van der Waals surface area contributed by atoms with Crippen molar-refractivity contribution in [1.29, 1.82) is 0 Å². The van der Waals surface area contributed by atoms with Crippen molar-refractivity contribution in [2.45, 2.75) is 27.3 Å². The highest BCUT2D eigenvalue weighted by atomic mass is 127. The molecule has 0 saturated heterocycles. The summed E-state index contributed by atoms with van der Waals surface area (Å²) in [6, 6.07) is 4.86. The van der Waals surface area contributed by atoms with Gasteiger partial charge in [-0.2, -0.15) is 0 Å². The van der Waals surface area contributed by atoms with Gasteiger partial charge in [-0.25, -0.2) is 9.38 Å². The Morgan fingerprint density at radius 1 is 1.30 bits per heavy atom. The number of hydrogen-bond donors (Lipinski definition) is 1. The van der Waals surface area contributed by atoms with Crippen LogP contribution in [0.3, 0.4) is 0 Å². The topological polar surface area (TPSA) is 50.9 Å². The van der Waals surface area contributed by atoms with Crippen LogP contribution >= 0.6 is 24.0 Å². The Hall–Kier alpha value is -1.05. The third-order valence-corrected chi connectivity index (χ3v) is 2.81. The molecule has 1 aromatic carbocycles. The van der Waals surface area contributed by atoms with E-state index >= 15 is 0 Å². The number of nitrogens with two attached hydrogens (primary N) is 1. The van der Waals surface area contributed by atoms with Crippen LogP contribution in [0.1, 0.15) is 26.3 Å². The van der Waals surface area contributed by atoms with Crippen LogP contribution < -0.4 is 10.5 Å². The standard InChI is InChI=1S/C14H22FN3O.HI/c1-4-18(5-2)14(16)17-10-11-7-8-13(19-6-3)12(15)9-11;/h7-9H,4-6,10H2,1-3H3,(H2,16,17);1H. The van der Waals surface area contributed by atoms with Gasteiger partial charge in [-0.3, -0.25) is 0 Å². The fraction of sp³-hybridized carbons (Fsp3) is 0.500. The molecule has 0 aromatic heterocycles. The molecule has 0 bridgehead atoms. The van der Waals surface area contributed by atoms with Gasteiger partial charge in [0.25, 0.3) is 0 Å². The Kier molecular flexibility index (Phi) is 9.28. The fourth-order valence-electron chi connectivity index (χ4n) is 1.74. The van der Waals surface area contributed by atoms with Gasteiger partial charge in [0.2, 0.25) is 0 Å². The summed E-state index contributed by atoms with van der Waals surface area (Å²) in [5.41, 5.74) is 6.63. The Morgan fingerprint density at radius 3 is 2.45 bits per heavy atom. The molecule has 6 heteroatoms. The fourth-order valence-corrected chi connectivity index (χ4v) is 1.74. The second-order valence-electron chi connectivity index (χ2n) is 4.04. The number of halogens is 2. The molecule has 0 aliphatic heterocycles. The molecule has 2 N–H and O–H groups in total. The summed E-state index contributed by atoms with van der Waals surface area (Å²) in [6.07, 6.45) is 0. The molecule has 0 amide bonds. The highest BCUT2D eigenvalue weighted by molar-refractivity contribution is 14.0. The van der Waals surface area contributed by atoms with Crippen molar-refractivity contribution < 1.29 is 9.13 Å². The van der Waals surface area contributed by atoms with Crippen molar-refractivity contribution in [3.63, 3.8) is 0 Å². The van der Waals surface area contributed by atoms with Crippen LogP contribution in [0.25, 0.3) is 0 Å². The molecule has 0 heterocycles. The Morgan fingerprint density at radius 2 is 1.95 bits per heavy atom. The van der Waals surface area contributed by atoms with Gasteiger partial charge in [0.15, 0.2) is 17.5 Å². The predicted molar refractivity (Wildman–Crippen MR) is 91.2 cm³/mol. The summed E-state index contributed by atoms with van der Waals surface area (Å²) >= 11 is 0. The van der Waals surface area contributed by atoms with Crippen molar-refractivity contribution in [3.8, 4) is 5.75 Å². The van der Waals surface area contributed by atoms with Gasteiger partial charge in [-0.1, -0.05) is 6.07 Å². The average Bonchev–Trinajstić information content (AvgIpc) is 2.41. The minimum atomic E-state index is -0.365. The van der Waals surface area contributed by atoms with Crippen LogP contribution in [0.2, 0.25) is 0 Å². The van der Waals surface area contributed by atoms with Crippen molar-refractivity contribution >= 4 is 29.9 Å². The minimum absolute atomic E-state index is 0. The summed E-state index contributed by atoms with van der Waals surface area (Å²) in [6.45, 7) is 8.29. The molecule has 0 unspecified atom stereocenters. The maximum atomic E-state index is 13.6. The second kappa shape index (κ2) is 9.79. The lowest BCUT2D eigenvalue weighted by atomic mass is 10.2. The molecule has 0 aliphatic rings. The highest BCUT2D eigenvalue weighted by Gasteiger charge is 2.05. The first-order valence-corrected chi connectivity index (χ1v) is 6.58. The molecule has 114 valence electrons. The summed E-state index contributed by atoms with van der Waals surface area (Å²) in [7, 11) is 0. The van der Waals surface area contributed by atoms with Gasteiger partial charge < -0.3 is 15.4 Å². The van der Waals surface area contributed by atoms with E-state index in [-0.39, 0.29) is 35.5 Å². The molecule has 0 spiro atoms. The lowest BCUT2D eigenvalue weighted by molar-refractivity contribution is 0.321. The van der Waals surface area contributed by atoms with Crippen LogP contribution in [0.4, 0.5) is 4.39 Å². The summed E-state index contributed by atoms with van der Waals surface area (Å²) in [5.74, 6) is 0.391. The SMILES string of the molecule is CCOc1ccc(CN=C(N)N(CC)CC)cc1F.I. The third kappa shape index (κ3) is 5.52. The van der Waals surface area contributed by atoms with Crippen molar-refractivity contribution in [2.24, 2.45) is 10.7 Å². The van der Waals surface area contributed by atoms with E-state index in [1.807, 2.05) is 25.7 Å². The average molecular weight is 395 g/mol. The first-order chi connectivity index (χ1) is 9.12. The number of hydrogen-bond acceptors (Lipinski definition) is 2. The minimum Gasteiger partial charge on any atom is -0.491 e. The molecule has 0 saturated carbocycles. The molecule has 0 atom stereocenters. The normalized spacial score (nSPS) is 10.9. The molecule has 0 radical (unpaired) electrons. The van der Waals surface area contributed by atoms with E-state index in [4.69, 9.17) is 10.5 Å². The monoisotopic (exact) mass is 395 g/mol. The van der Waals surface area contributed by atoms with E-state index in [1.165, 1.54) is 6.07 Å². The number of ether oxygens (including phenoxy) is 1. The maximum Gasteiger partial charge on any atom is 0.191 e. The lowest BCUT2D eigenvalue weighted by Gasteiger charge is -2.19. The van der Waals surface area contributed by atoms with Gasteiger partial charge in [0.05, 0.1) is 13.2 Å². The molecular weight excluding hydrogens is 372 g/mol. The molecule has 0 fully saturated rings. The number of nitrogens with zero attached hydrogens (tertiary/aromatic N) is 2. The van der Waals surface area contributed by atoms with Crippen molar-refractivity contribution in [1.82, 2.24) is 4.90 Å². The van der Waals surface area contributed by atoms with Crippen LogP contribution in [-0.4, -0.2) is 30.6 Å². The van der Waals surface area contributed by atoms with E-state index < -0.39 is 0 Å². The molecule has 4 nitrogen and oxygen atoms in total. The number of rotatable bonds is 6. The van der Waals surface area contributed by atoms with E-state index in [9.17, 15) is 4.39 Å². The smallest absolute Gasteiger partial charge is 0.191 e. The zero-order valence-electron chi connectivity index (χ0n) is 12.2. The first-order valence-electron chi connectivity index (χ1n) is 6.58. The van der Waals surface area contributed by atoms with E-state index in [2.05, 4.69) is 4.99 Å².